The molecule has 4 aromatic rings. The average Bonchev–Trinajstić information content (AvgIpc) is 2.91. The number of hydrogen-bond donors (Lipinski definition) is 2. The van der Waals surface area contributed by atoms with Gasteiger partial charge in [0, 0.05) is 116 Å². The second-order valence-corrected chi connectivity index (χ2v) is 6.75. The van der Waals surface area contributed by atoms with Crippen molar-refractivity contribution in [2.75, 3.05) is 11.5 Å². The molecule has 2 heterocycles. The first-order chi connectivity index (χ1) is 18.0. The first kappa shape index (κ1) is 44.5. The third-order valence-electron chi connectivity index (χ3n) is 4.00. The van der Waals surface area contributed by atoms with Gasteiger partial charge in [0.2, 0.25) is 0 Å². The van der Waals surface area contributed by atoms with Gasteiger partial charge in [-0.1, -0.05) is 24.3 Å². The van der Waals surface area contributed by atoms with E-state index in [4.69, 9.17) is 11.5 Å². The van der Waals surface area contributed by atoms with Crippen LogP contribution in [-0.2, 0) is 55.7 Å². The molecule has 4 rings (SSSR count). The van der Waals surface area contributed by atoms with Gasteiger partial charge in [-0.2, -0.15) is 0 Å². The molecule has 2 radical (unpaired) electrons. The Morgan fingerprint density at radius 3 is 1.07 bits per heavy atom. The molecule has 42 heavy (non-hydrogen) atoms. The molecule has 0 saturated heterocycles. The minimum absolute atomic E-state index is 0. The standard InChI is InChI=1S/2C7H5NO4.2C5H6N2.2Ag.2H2O/c2*9-7(10)5-2-1-3-6(4-5)8(11)12;2*6-5-1-3-7-4-2-5;;;;/h2*1-4H,(H,9,10);2*1-4H,(H2,6,7);;;2*1H2. The Kier molecular flexibility index (Phi) is 25.7. The summed E-state index contributed by atoms with van der Waals surface area (Å²) in [5.74, 6) is -2.84. The van der Waals surface area contributed by atoms with E-state index in [0.29, 0.717) is 0 Å². The molecule has 0 amide bonds. The molecule has 0 aliphatic heterocycles. The Labute approximate surface area is 269 Å². The van der Waals surface area contributed by atoms with Crippen LogP contribution in [-0.4, -0.2) is 31.8 Å². The molecule has 18 heteroatoms. The first-order valence-electron chi connectivity index (χ1n) is 10.2. The summed E-state index contributed by atoms with van der Waals surface area (Å²) in [5, 5.41) is 40.8. The SMILES string of the molecule is Nc1ccncc1.Nc1ccncc1.O=C([O-])c1cccc([N+](=O)[O-])c1.O=C([O-])c1cccc([N+](=O)[O-])c1.[Ag].[Ag].[OH3+].[OH3+]. The van der Waals surface area contributed by atoms with Crippen LogP contribution in [0.1, 0.15) is 20.7 Å². The molecule has 0 aliphatic carbocycles. The Morgan fingerprint density at radius 1 is 0.595 bits per heavy atom. The molecular weight excluding hydrogens is 748 g/mol. The number of rotatable bonds is 4. The number of anilines is 2. The Hall–Kier alpha value is -4.52. The molecule has 2 aromatic heterocycles. The number of aromatic carboxylic acids is 2. The molecule has 0 unspecified atom stereocenters. The normalized spacial score (nSPS) is 8.19. The van der Waals surface area contributed by atoms with Crippen LogP contribution in [0.5, 0.6) is 0 Å². The first-order valence-corrected chi connectivity index (χ1v) is 10.2. The summed E-state index contributed by atoms with van der Waals surface area (Å²) in [7, 11) is 0. The van der Waals surface area contributed by atoms with Crippen molar-refractivity contribution in [3.63, 3.8) is 0 Å². The van der Waals surface area contributed by atoms with Crippen LogP contribution in [0, 0.1) is 20.2 Å². The van der Waals surface area contributed by atoms with Crippen molar-refractivity contribution in [1.29, 1.82) is 0 Å². The van der Waals surface area contributed by atoms with E-state index in [1.807, 2.05) is 0 Å². The number of nitrogen functional groups attached to an aromatic ring is 2. The van der Waals surface area contributed by atoms with Crippen LogP contribution in [0.3, 0.4) is 0 Å². The quantitative estimate of drug-likeness (QED) is 0.114. The van der Waals surface area contributed by atoms with E-state index in [2.05, 4.69) is 9.97 Å². The zero-order valence-corrected chi connectivity index (χ0v) is 24.2. The molecule has 10 N–H and O–H groups in total. The van der Waals surface area contributed by atoms with E-state index in [9.17, 15) is 40.0 Å². The maximum atomic E-state index is 10.2. The number of nitro benzene ring substituents is 2. The molecular formula is C24H26Ag2N6O10. The number of carboxylic acids is 2. The fourth-order valence-electron chi connectivity index (χ4n) is 2.22. The monoisotopic (exact) mass is 772 g/mol. The van der Waals surface area contributed by atoms with Gasteiger partial charge < -0.3 is 42.2 Å². The van der Waals surface area contributed by atoms with Crippen LogP contribution < -0.4 is 21.7 Å². The average molecular weight is 774 g/mol. The molecule has 16 nitrogen and oxygen atoms in total. The summed E-state index contributed by atoms with van der Waals surface area (Å²) in [6.45, 7) is 0. The van der Waals surface area contributed by atoms with Crippen LogP contribution in [0.25, 0.3) is 0 Å². The van der Waals surface area contributed by atoms with E-state index >= 15 is 0 Å². The van der Waals surface area contributed by atoms with Crippen LogP contribution in [0.2, 0.25) is 0 Å². The molecule has 0 spiro atoms. The van der Waals surface area contributed by atoms with Gasteiger partial charge in [0.05, 0.1) is 21.8 Å². The van der Waals surface area contributed by atoms with Gasteiger partial charge in [-0.05, 0) is 24.3 Å². The van der Waals surface area contributed by atoms with Gasteiger partial charge in [-0.3, -0.25) is 30.2 Å². The Bertz CT molecular complexity index is 1210. The molecule has 0 fully saturated rings. The number of aromatic nitrogens is 2. The molecule has 0 atom stereocenters. The third kappa shape index (κ3) is 18.7. The summed E-state index contributed by atoms with van der Waals surface area (Å²) in [6, 6.07) is 16.4. The van der Waals surface area contributed by atoms with Gasteiger partial charge in [0.1, 0.15) is 0 Å². The predicted molar refractivity (Wildman–Crippen MR) is 142 cm³/mol. The van der Waals surface area contributed by atoms with E-state index in [0.717, 1.165) is 23.5 Å². The van der Waals surface area contributed by atoms with E-state index in [-0.39, 0.29) is 78.2 Å². The van der Waals surface area contributed by atoms with Crippen molar-refractivity contribution in [1.82, 2.24) is 9.97 Å². The molecule has 0 aliphatic rings. The predicted octanol–water partition coefficient (Wildman–Crippen LogP) is -0.605. The maximum Gasteiger partial charge on any atom is 0.270 e. The number of non-ortho nitro benzene ring substituents is 2. The number of nitrogens with zero attached hydrogens (tertiary/aromatic N) is 4. The molecule has 2 aromatic carbocycles. The summed E-state index contributed by atoms with van der Waals surface area (Å²) >= 11 is 0. The van der Waals surface area contributed by atoms with Crippen molar-refractivity contribution in [3.05, 3.63) is 129 Å². The second kappa shape index (κ2) is 24.3. The van der Waals surface area contributed by atoms with Crippen molar-refractivity contribution in [2.24, 2.45) is 0 Å². The molecule has 0 saturated carbocycles. The number of carbonyl (C=O) groups is 2. The van der Waals surface area contributed by atoms with Crippen molar-refractivity contribution in [3.8, 4) is 0 Å². The maximum absolute atomic E-state index is 10.2. The Morgan fingerprint density at radius 2 is 0.881 bits per heavy atom. The molecule has 0 bridgehead atoms. The third-order valence-corrected chi connectivity index (χ3v) is 4.00. The van der Waals surface area contributed by atoms with E-state index in [1.165, 1.54) is 36.4 Å². The minimum atomic E-state index is -1.42. The van der Waals surface area contributed by atoms with Gasteiger partial charge in [-0.25, -0.2) is 0 Å². The summed E-state index contributed by atoms with van der Waals surface area (Å²) in [5.41, 5.74) is 11.3. The smallest absolute Gasteiger partial charge is 0.270 e. The van der Waals surface area contributed by atoms with Crippen molar-refractivity contribution >= 4 is 34.7 Å². The van der Waals surface area contributed by atoms with Gasteiger partial charge in [0.15, 0.2) is 0 Å². The largest absolute Gasteiger partial charge is 0.545 e. The summed E-state index contributed by atoms with van der Waals surface area (Å²) < 4.78 is 0. The zero-order chi connectivity index (χ0) is 28.5. The topological polar surface area (TPSA) is 310 Å². The van der Waals surface area contributed by atoms with Crippen LogP contribution in [0.15, 0.2) is 97.6 Å². The number of nitrogens with two attached hydrogens (primary N) is 2. The fraction of sp³-hybridized carbons (Fsp3) is 0. The van der Waals surface area contributed by atoms with Crippen molar-refractivity contribution in [2.45, 2.75) is 0 Å². The number of carbonyl (C=O) groups excluding carboxylic acids is 2. The Balaban J connectivity index is -0.000000228. The summed E-state index contributed by atoms with van der Waals surface area (Å²) in [6.07, 6.45) is 6.65. The van der Waals surface area contributed by atoms with Gasteiger partial charge in [-0.15, -0.1) is 0 Å². The van der Waals surface area contributed by atoms with Gasteiger partial charge in [0.25, 0.3) is 11.4 Å². The van der Waals surface area contributed by atoms with Crippen LogP contribution >= 0.6 is 0 Å². The van der Waals surface area contributed by atoms with Crippen LogP contribution in [0.4, 0.5) is 22.7 Å². The number of benzene rings is 2. The number of carboxylic acid groups (broad SMARTS) is 2. The number of nitro groups is 2. The minimum Gasteiger partial charge on any atom is -0.545 e. The zero-order valence-electron chi connectivity index (χ0n) is 21.2. The number of pyridine rings is 2. The molecule has 234 valence electrons. The van der Waals surface area contributed by atoms with E-state index in [1.54, 1.807) is 49.1 Å². The number of hydrogen-bond acceptors (Lipinski definition) is 12. The van der Waals surface area contributed by atoms with Gasteiger partial charge >= 0.3 is 0 Å². The second-order valence-electron chi connectivity index (χ2n) is 6.75. The van der Waals surface area contributed by atoms with Crippen molar-refractivity contribution < 1.29 is 85.4 Å². The van der Waals surface area contributed by atoms with E-state index < -0.39 is 21.8 Å². The summed E-state index contributed by atoms with van der Waals surface area (Å²) in [4.78, 5) is 47.0. The fourth-order valence-corrected chi connectivity index (χ4v) is 2.22.